The van der Waals surface area contributed by atoms with Gasteiger partial charge in [-0.25, -0.2) is 0 Å². The fourth-order valence-electron chi connectivity index (χ4n) is 2.06. The van der Waals surface area contributed by atoms with Crippen LogP contribution in [0.4, 0.5) is 11.4 Å². The maximum atomic E-state index is 12.3. The van der Waals surface area contributed by atoms with Crippen molar-refractivity contribution >= 4 is 28.2 Å². The molecule has 0 saturated carbocycles. The van der Waals surface area contributed by atoms with E-state index in [1.807, 2.05) is 30.3 Å². The molecule has 2 aromatic heterocycles. The predicted octanol–water partition coefficient (Wildman–Crippen LogP) is 2.17. The van der Waals surface area contributed by atoms with Crippen LogP contribution in [-0.2, 0) is 0 Å². The number of rotatable bonds is 3. The molecule has 4 N–H and O–H groups in total. The third-order valence-electron chi connectivity index (χ3n) is 3.08. The van der Waals surface area contributed by atoms with Crippen LogP contribution in [0.5, 0.6) is 0 Å². The number of carbonyl (C=O) groups is 1. The summed E-state index contributed by atoms with van der Waals surface area (Å²) in [5.41, 5.74) is 4.93. The third kappa shape index (κ3) is 2.65. The number of hydrazine groups is 1. The van der Waals surface area contributed by atoms with Gasteiger partial charge in [0, 0.05) is 23.5 Å². The van der Waals surface area contributed by atoms with Crippen molar-refractivity contribution in [2.75, 3.05) is 10.7 Å². The quantitative estimate of drug-likeness (QED) is 0.504. The summed E-state index contributed by atoms with van der Waals surface area (Å²) in [6.07, 6.45) is 4.77. The number of fused-ring (bicyclic) bond motifs is 1. The lowest BCUT2D eigenvalue weighted by atomic mass is 10.1. The maximum Gasteiger partial charge on any atom is 0.257 e. The van der Waals surface area contributed by atoms with Crippen LogP contribution >= 0.6 is 0 Å². The number of benzene rings is 1. The van der Waals surface area contributed by atoms with Crippen molar-refractivity contribution in [2.24, 2.45) is 5.84 Å². The first kappa shape index (κ1) is 13.0. The van der Waals surface area contributed by atoms with Crippen molar-refractivity contribution in [3.63, 3.8) is 0 Å². The average molecular weight is 279 g/mol. The number of amides is 1. The number of hydrogen-bond donors (Lipinski definition) is 3. The molecule has 104 valence electrons. The number of aromatic nitrogens is 2. The van der Waals surface area contributed by atoms with Gasteiger partial charge in [-0.1, -0.05) is 6.07 Å². The van der Waals surface area contributed by atoms with Crippen LogP contribution in [0.1, 0.15) is 10.4 Å². The molecule has 0 radical (unpaired) electrons. The van der Waals surface area contributed by atoms with E-state index < -0.39 is 0 Å². The van der Waals surface area contributed by atoms with Crippen LogP contribution in [0.25, 0.3) is 10.9 Å². The lowest BCUT2D eigenvalue weighted by Gasteiger charge is -2.09. The highest BCUT2D eigenvalue weighted by Crippen LogP contribution is 2.19. The average Bonchev–Trinajstić information content (AvgIpc) is 2.54. The van der Waals surface area contributed by atoms with E-state index in [4.69, 9.17) is 5.84 Å². The van der Waals surface area contributed by atoms with Gasteiger partial charge in [0.2, 0.25) is 0 Å². The van der Waals surface area contributed by atoms with Crippen LogP contribution in [0.15, 0.2) is 55.0 Å². The molecule has 6 nitrogen and oxygen atoms in total. The van der Waals surface area contributed by atoms with Gasteiger partial charge in [-0.15, -0.1) is 0 Å². The zero-order valence-electron chi connectivity index (χ0n) is 11.1. The fraction of sp³-hybridized carbons (Fsp3) is 0. The van der Waals surface area contributed by atoms with Crippen LogP contribution in [0.3, 0.4) is 0 Å². The molecule has 0 fully saturated rings. The molecule has 0 atom stereocenters. The van der Waals surface area contributed by atoms with Gasteiger partial charge in [-0.2, -0.15) is 0 Å². The highest BCUT2D eigenvalue weighted by molar-refractivity contribution is 6.08. The van der Waals surface area contributed by atoms with Crippen LogP contribution in [0.2, 0.25) is 0 Å². The summed E-state index contributed by atoms with van der Waals surface area (Å²) >= 11 is 0. The molecule has 3 rings (SSSR count). The summed E-state index contributed by atoms with van der Waals surface area (Å²) in [5, 5.41) is 3.80. The molecule has 0 aliphatic heterocycles. The minimum absolute atomic E-state index is 0.256. The standard InChI is InChI=1S/C15H13N5O/c16-20-14-9-17-7-5-12(14)15(21)19-11-3-4-13-10(8-11)2-1-6-18-13/h1-9,20H,16H2,(H,19,21). The molecule has 2 heterocycles. The van der Waals surface area contributed by atoms with Gasteiger partial charge < -0.3 is 10.7 Å². The van der Waals surface area contributed by atoms with Crippen LogP contribution in [0, 0.1) is 0 Å². The number of nitrogens with one attached hydrogen (secondary N) is 2. The number of carbonyl (C=O) groups excluding carboxylic acids is 1. The molecule has 1 amide bonds. The third-order valence-corrected chi connectivity index (χ3v) is 3.08. The topological polar surface area (TPSA) is 92.9 Å². The van der Waals surface area contributed by atoms with Gasteiger partial charge in [0.05, 0.1) is 23.0 Å². The lowest BCUT2D eigenvalue weighted by Crippen LogP contribution is -2.17. The van der Waals surface area contributed by atoms with E-state index >= 15 is 0 Å². The molecule has 3 aromatic rings. The van der Waals surface area contributed by atoms with Crippen LogP contribution < -0.4 is 16.6 Å². The fourth-order valence-corrected chi connectivity index (χ4v) is 2.06. The second kappa shape index (κ2) is 5.56. The summed E-state index contributed by atoms with van der Waals surface area (Å²) in [7, 11) is 0. The predicted molar refractivity (Wildman–Crippen MR) is 81.7 cm³/mol. The minimum atomic E-state index is -0.256. The largest absolute Gasteiger partial charge is 0.322 e. The Bertz CT molecular complexity index is 803. The van der Waals surface area contributed by atoms with E-state index in [1.54, 1.807) is 18.5 Å². The Balaban J connectivity index is 1.89. The molecule has 0 bridgehead atoms. The van der Waals surface area contributed by atoms with Crippen molar-refractivity contribution in [1.82, 2.24) is 9.97 Å². The highest BCUT2D eigenvalue weighted by Gasteiger charge is 2.11. The Morgan fingerprint density at radius 2 is 2.05 bits per heavy atom. The number of nitrogen functional groups attached to an aromatic ring is 1. The summed E-state index contributed by atoms with van der Waals surface area (Å²) in [6.45, 7) is 0. The van der Waals surface area contributed by atoms with Gasteiger partial charge in [0.1, 0.15) is 0 Å². The number of nitrogens with zero attached hydrogens (tertiary/aromatic N) is 2. The first-order chi connectivity index (χ1) is 10.3. The molecular weight excluding hydrogens is 266 g/mol. The Kier molecular flexibility index (Phi) is 3.44. The number of hydrogen-bond acceptors (Lipinski definition) is 5. The normalized spacial score (nSPS) is 10.3. The monoisotopic (exact) mass is 279 g/mol. The summed E-state index contributed by atoms with van der Waals surface area (Å²) in [4.78, 5) is 20.4. The van der Waals surface area contributed by atoms with Crippen molar-refractivity contribution in [3.05, 3.63) is 60.6 Å². The second-order valence-corrected chi connectivity index (χ2v) is 4.43. The van der Waals surface area contributed by atoms with E-state index in [1.165, 1.54) is 6.20 Å². The minimum Gasteiger partial charge on any atom is -0.322 e. The number of anilines is 2. The van der Waals surface area contributed by atoms with Crippen LogP contribution in [-0.4, -0.2) is 15.9 Å². The molecular formula is C15H13N5O. The van der Waals surface area contributed by atoms with E-state index in [0.717, 1.165) is 10.9 Å². The summed E-state index contributed by atoms with van der Waals surface area (Å²) in [6, 6.07) is 10.9. The number of pyridine rings is 2. The maximum absolute atomic E-state index is 12.3. The molecule has 0 aliphatic rings. The molecule has 6 heteroatoms. The zero-order valence-corrected chi connectivity index (χ0v) is 11.1. The Hall–Kier alpha value is -2.99. The summed E-state index contributed by atoms with van der Waals surface area (Å²) in [5.74, 6) is 5.12. The zero-order chi connectivity index (χ0) is 14.7. The van der Waals surface area contributed by atoms with Gasteiger partial charge >= 0.3 is 0 Å². The first-order valence-electron chi connectivity index (χ1n) is 6.35. The smallest absolute Gasteiger partial charge is 0.257 e. The van der Waals surface area contributed by atoms with Gasteiger partial charge in [-0.05, 0) is 30.3 Å². The van der Waals surface area contributed by atoms with E-state index in [0.29, 0.717) is 16.9 Å². The van der Waals surface area contributed by atoms with E-state index in [-0.39, 0.29) is 5.91 Å². The molecule has 0 unspecified atom stereocenters. The molecule has 1 aromatic carbocycles. The Morgan fingerprint density at radius 1 is 1.14 bits per heavy atom. The Labute approximate surface area is 121 Å². The highest BCUT2D eigenvalue weighted by atomic mass is 16.1. The molecule has 0 spiro atoms. The first-order valence-corrected chi connectivity index (χ1v) is 6.35. The van der Waals surface area contributed by atoms with E-state index in [9.17, 15) is 4.79 Å². The molecule has 21 heavy (non-hydrogen) atoms. The SMILES string of the molecule is NNc1cnccc1C(=O)Nc1ccc2ncccc2c1. The Morgan fingerprint density at radius 3 is 2.90 bits per heavy atom. The van der Waals surface area contributed by atoms with Crippen molar-refractivity contribution in [1.29, 1.82) is 0 Å². The second-order valence-electron chi connectivity index (χ2n) is 4.43. The lowest BCUT2D eigenvalue weighted by molar-refractivity contribution is 0.102. The van der Waals surface area contributed by atoms with Crippen molar-refractivity contribution in [3.8, 4) is 0 Å². The van der Waals surface area contributed by atoms with E-state index in [2.05, 4.69) is 20.7 Å². The van der Waals surface area contributed by atoms with Crippen molar-refractivity contribution < 1.29 is 4.79 Å². The molecule has 0 aliphatic carbocycles. The number of nitrogens with two attached hydrogens (primary N) is 1. The molecule has 0 saturated heterocycles. The van der Waals surface area contributed by atoms with Gasteiger partial charge in [-0.3, -0.25) is 20.6 Å². The van der Waals surface area contributed by atoms with Gasteiger partial charge in [0.25, 0.3) is 5.91 Å². The summed E-state index contributed by atoms with van der Waals surface area (Å²) < 4.78 is 0. The van der Waals surface area contributed by atoms with Crippen molar-refractivity contribution in [2.45, 2.75) is 0 Å². The van der Waals surface area contributed by atoms with Gasteiger partial charge in [0.15, 0.2) is 0 Å².